The molecular formula is C15H27NO2. The van der Waals surface area contributed by atoms with E-state index in [1.54, 1.807) is 0 Å². The van der Waals surface area contributed by atoms with Gasteiger partial charge in [-0.3, -0.25) is 4.79 Å². The number of hydrogen-bond acceptors (Lipinski definition) is 3. The summed E-state index contributed by atoms with van der Waals surface area (Å²) in [5, 5.41) is 3.42. The van der Waals surface area contributed by atoms with Gasteiger partial charge in [-0.05, 0) is 43.9 Å². The molecule has 0 aromatic heterocycles. The van der Waals surface area contributed by atoms with Crippen molar-refractivity contribution >= 4 is 5.97 Å². The molecule has 1 saturated carbocycles. The second-order valence-corrected chi connectivity index (χ2v) is 6.03. The minimum absolute atomic E-state index is 0.0245. The van der Waals surface area contributed by atoms with E-state index in [0.717, 1.165) is 19.0 Å². The largest absolute Gasteiger partial charge is 0.466 e. The van der Waals surface area contributed by atoms with E-state index in [1.807, 2.05) is 6.92 Å². The molecule has 104 valence electrons. The first-order chi connectivity index (χ1) is 8.72. The first-order valence-electron chi connectivity index (χ1n) is 7.59. The summed E-state index contributed by atoms with van der Waals surface area (Å²) in [7, 11) is 0. The Balaban J connectivity index is 1.96. The van der Waals surface area contributed by atoms with Gasteiger partial charge in [0.2, 0.25) is 0 Å². The Kier molecular flexibility index (Phi) is 4.66. The number of rotatable bonds is 4. The summed E-state index contributed by atoms with van der Waals surface area (Å²) in [5.41, 5.74) is 0.205. The molecule has 0 bridgehead atoms. The average Bonchev–Trinajstić information content (AvgIpc) is 2.77. The highest BCUT2D eigenvalue weighted by molar-refractivity contribution is 5.74. The van der Waals surface area contributed by atoms with Crippen LogP contribution in [0.4, 0.5) is 0 Å². The molecule has 1 aliphatic carbocycles. The molecule has 1 aliphatic heterocycles. The molecule has 2 fully saturated rings. The molecule has 3 heteroatoms. The van der Waals surface area contributed by atoms with Crippen LogP contribution in [0.15, 0.2) is 0 Å². The van der Waals surface area contributed by atoms with Gasteiger partial charge < -0.3 is 10.1 Å². The van der Waals surface area contributed by atoms with Crippen molar-refractivity contribution in [3.8, 4) is 0 Å². The van der Waals surface area contributed by atoms with Crippen LogP contribution in [0.2, 0.25) is 0 Å². The lowest BCUT2D eigenvalue weighted by Gasteiger charge is -2.40. The van der Waals surface area contributed by atoms with Crippen LogP contribution in [0.1, 0.15) is 52.4 Å². The SMILES string of the molecule is CCCC1CCC2(CC1)CNCC2C(=O)OCC. The molecule has 0 aromatic rings. The molecule has 2 rings (SSSR count). The third-order valence-electron chi connectivity index (χ3n) is 4.93. The van der Waals surface area contributed by atoms with E-state index in [4.69, 9.17) is 4.74 Å². The molecule has 1 heterocycles. The quantitative estimate of drug-likeness (QED) is 0.783. The van der Waals surface area contributed by atoms with Crippen LogP contribution in [0, 0.1) is 17.3 Å². The van der Waals surface area contributed by atoms with Gasteiger partial charge >= 0.3 is 5.97 Å². The number of hydrogen-bond donors (Lipinski definition) is 1. The van der Waals surface area contributed by atoms with E-state index in [0.29, 0.717) is 6.61 Å². The lowest BCUT2D eigenvalue weighted by atomic mass is 9.64. The van der Waals surface area contributed by atoms with Crippen molar-refractivity contribution in [2.75, 3.05) is 19.7 Å². The highest BCUT2D eigenvalue weighted by Crippen LogP contribution is 2.47. The molecule has 1 N–H and O–H groups in total. The summed E-state index contributed by atoms with van der Waals surface area (Å²) in [6, 6.07) is 0. The molecule has 1 spiro atoms. The number of carbonyl (C=O) groups excluding carboxylic acids is 1. The maximum absolute atomic E-state index is 12.1. The lowest BCUT2D eigenvalue weighted by molar-refractivity contribution is -0.152. The van der Waals surface area contributed by atoms with Crippen molar-refractivity contribution in [1.82, 2.24) is 5.32 Å². The number of esters is 1. The van der Waals surface area contributed by atoms with Gasteiger partial charge in [0.1, 0.15) is 0 Å². The van der Waals surface area contributed by atoms with Gasteiger partial charge in [-0.15, -0.1) is 0 Å². The summed E-state index contributed by atoms with van der Waals surface area (Å²) in [6.07, 6.45) is 7.64. The van der Waals surface area contributed by atoms with Crippen LogP contribution in [-0.2, 0) is 9.53 Å². The monoisotopic (exact) mass is 253 g/mol. The molecule has 0 radical (unpaired) electrons. The zero-order valence-electron chi connectivity index (χ0n) is 11.8. The second-order valence-electron chi connectivity index (χ2n) is 6.03. The third kappa shape index (κ3) is 2.71. The lowest BCUT2D eigenvalue weighted by Crippen LogP contribution is -2.39. The van der Waals surface area contributed by atoms with E-state index < -0.39 is 0 Å². The minimum Gasteiger partial charge on any atom is -0.466 e. The fourth-order valence-corrected chi connectivity index (χ4v) is 3.86. The zero-order valence-corrected chi connectivity index (χ0v) is 11.8. The summed E-state index contributed by atoms with van der Waals surface area (Å²) >= 11 is 0. The number of carbonyl (C=O) groups is 1. The standard InChI is InChI=1S/C15H27NO2/c1-3-5-12-6-8-15(9-7-12)11-16-10-13(15)14(17)18-4-2/h12-13,16H,3-11H2,1-2H3. The van der Waals surface area contributed by atoms with Gasteiger partial charge in [0, 0.05) is 13.1 Å². The smallest absolute Gasteiger partial charge is 0.310 e. The van der Waals surface area contributed by atoms with Crippen molar-refractivity contribution in [3.05, 3.63) is 0 Å². The molecule has 2 aliphatic rings. The second kappa shape index (κ2) is 6.05. The molecule has 0 aromatic carbocycles. The topological polar surface area (TPSA) is 38.3 Å². The van der Waals surface area contributed by atoms with E-state index in [1.165, 1.54) is 38.5 Å². The molecule has 1 atom stereocenters. The number of ether oxygens (including phenoxy) is 1. The Labute approximate surface area is 111 Å². The van der Waals surface area contributed by atoms with E-state index in [2.05, 4.69) is 12.2 Å². The van der Waals surface area contributed by atoms with Crippen LogP contribution in [-0.4, -0.2) is 25.7 Å². The van der Waals surface area contributed by atoms with Gasteiger partial charge in [0.15, 0.2) is 0 Å². The van der Waals surface area contributed by atoms with Crippen molar-refractivity contribution in [2.24, 2.45) is 17.3 Å². The maximum Gasteiger partial charge on any atom is 0.310 e. The van der Waals surface area contributed by atoms with Crippen LogP contribution in [0.5, 0.6) is 0 Å². The average molecular weight is 253 g/mol. The summed E-state index contributed by atoms with van der Waals surface area (Å²) in [4.78, 5) is 12.1. The first kappa shape index (κ1) is 13.9. The van der Waals surface area contributed by atoms with Gasteiger partial charge in [0.05, 0.1) is 12.5 Å². The van der Waals surface area contributed by atoms with Gasteiger partial charge in [0.25, 0.3) is 0 Å². The summed E-state index contributed by atoms with van der Waals surface area (Å²) in [5.74, 6) is 1.01. The van der Waals surface area contributed by atoms with Gasteiger partial charge in [-0.1, -0.05) is 19.8 Å². The Morgan fingerprint density at radius 1 is 1.33 bits per heavy atom. The van der Waals surface area contributed by atoms with Gasteiger partial charge in [-0.2, -0.15) is 0 Å². The van der Waals surface area contributed by atoms with Crippen molar-refractivity contribution < 1.29 is 9.53 Å². The molecular weight excluding hydrogens is 226 g/mol. The van der Waals surface area contributed by atoms with Crippen LogP contribution in [0.25, 0.3) is 0 Å². The fraction of sp³-hybridized carbons (Fsp3) is 0.933. The molecule has 1 saturated heterocycles. The molecule has 0 amide bonds. The Morgan fingerprint density at radius 3 is 2.67 bits per heavy atom. The first-order valence-corrected chi connectivity index (χ1v) is 7.59. The fourth-order valence-electron chi connectivity index (χ4n) is 3.86. The van der Waals surface area contributed by atoms with Crippen molar-refractivity contribution in [3.63, 3.8) is 0 Å². The predicted molar refractivity (Wildman–Crippen MR) is 72.3 cm³/mol. The van der Waals surface area contributed by atoms with E-state index in [-0.39, 0.29) is 17.3 Å². The Bertz CT molecular complexity index is 282. The summed E-state index contributed by atoms with van der Waals surface area (Å²) < 4.78 is 5.25. The molecule has 18 heavy (non-hydrogen) atoms. The highest BCUT2D eigenvalue weighted by atomic mass is 16.5. The predicted octanol–water partition coefficient (Wildman–Crippen LogP) is 2.75. The third-order valence-corrected chi connectivity index (χ3v) is 4.93. The van der Waals surface area contributed by atoms with Crippen LogP contribution < -0.4 is 5.32 Å². The van der Waals surface area contributed by atoms with Gasteiger partial charge in [-0.25, -0.2) is 0 Å². The molecule has 3 nitrogen and oxygen atoms in total. The van der Waals surface area contributed by atoms with E-state index in [9.17, 15) is 4.79 Å². The van der Waals surface area contributed by atoms with Crippen molar-refractivity contribution in [2.45, 2.75) is 52.4 Å². The van der Waals surface area contributed by atoms with Crippen molar-refractivity contribution in [1.29, 1.82) is 0 Å². The highest BCUT2D eigenvalue weighted by Gasteiger charge is 2.48. The van der Waals surface area contributed by atoms with Crippen LogP contribution in [0.3, 0.4) is 0 Å². The maximum atomic E-state index is 12.1. The number of nitrogens with one attached hydrogen (secondary N) is 1. The zero-order chi connectivity index (χ0) is 13.0. The Morgan fingerprint density at radius 2 is 2.06 bits per heavy atom. The van der Waals surface area contributed by atoms with E-state index >= 15 is 0 Å². The minimum atomic E-state index is 0.0245. The normalized spacial score (nSPS) is 35.9. The van der Waals surface area contributed by atoms with Crippen LogP contribution >= 0.6 is 0 Å². The Hall–Kier alpha value is -0.570. The summed E-state index contributed by atoms with van der Waals surface area (Å²) in [6.45, 7) is 6.49. The molecule has 1 unspecified atom stereocenters.